The summed E-state index contributed by atoms with van der Waals surface area (Å²) in [5.41, 5.74) is -1.71. The molecular weight excluding hydrogens is 603 g/mol. The molecule has 2 heterocycles. The lowest BCUT2D eigenvalue weighted by atomic mass is 9.91. The minimum atomic E-state index is -2.43. The molecule has 2 aromatic rings. The maximum atomic E-state index is 14.6. The molecule has 11 nitrogen and oxygen atoms in total. The number of cyclic esters (lactones) is 2. The number of hydrogen-bond donors (Lipinski definition) is 4. The number of carbonyl (C=O) groups excluding carboxylic acids is 4. The molecule has 0 aliphatic carbocycles. The summed E-state index contributed by atoms with van der Waals surface area (Å²) in [6.45, 7) is 2.45. The Hall–Kier alpha value is -4.31. The van der Waals surface area contributed by atoms with Gasteiger partial charge in [0, 0.05) is 25.0 Å². The molecule has 2 fully saturated rings. The fourth-order valence-corrected chi connectivity index (χ4v) is 4.67. The number of aliphatic hydroxyl groups is 1. The van der Waals surface area contributed by atoms with Crippen LogP contribution in [0.2, 0.25) is 0 Å². The third kappa shape index (κ3) is 6.45. The van der Waals surface area contributed by atoms with E-state index in [-0.39, 0.29) is 18.6 Å². The first kappa shape index (κ1) is 32.6. The van der Waals surface area contributed by atoms with Gasteiger partial charge in [0.05, 0.1) is 23.6 Å². The number of rotatable bonds is 5. The number of aliphatic hydroxyl groups excluding tert-OH is 1. The molecule has 4 rings (SSSR count). The highest BCUT2D eigenvalue weighted by Crippen LogP contribution is 2.27. The van der Waals surface area contributed by atoms with Crippen LogP contribution in [-0.2, 0) is 35.0 Å². The van der Waals surface area contributed by atoms with Gasteiger partial charge in [0.2, 0.25) is 17.8 Å². The Bertz CT molecular complexity index is 1440. The molecule has 2 aliphatic rings. The second kappa shape index (κ2) is 13.1. The second-order valence-corrected chi connectivity index (χ2v) is 10.3. The van der Waals surface area contributed by atoms with Crippen molar-refractivity contribution in [3.63, 3.8) is 0 Å². The van der Waals surface area contributed by atoms with E-state index in [2.05, 4.69) is 10.6 Å². The fourth-order valence-electron chi connectivity index (χ4n) is 4.67. The van der Waals surface area contributed by atoms with Gasteiger partial charge < -0.3 is 35.1 Å². The summed E-state index contributed by atoms with van der Waals surface area (Å²) in [5.74, 6) is -18.3. The van der Waals surface area contributed by atoms with E-state index >= 15 is 0 Å². The first-order valence-electron chi connectivity index (χ1n) is 13.3. The van der Waals surface area contributed by atoms with Crippen molar-refractivity contribution in [2.45, 2.75) is 63.2 Å². The van der Waals surface area contributed by atoms with Crippen molar-refractivity contribution in [2.75, 3.05) is 6.61 Å². The van der Waals surface area contributed by atoms with Crippen LogP contribution < -0.4 is 10.6 Å². The number of benzene rings is 2. The number of carbonyl (C=O) groups is 4. The molecule has 2 aromatic carbocycles. The summed E-state index contributed by atoms with van der Waals surface area (Å²) in [5, 5.41) is 25.6. The maximum Gasteiger partial charge on any atom is 0.350 e. The van der Waals surface area contributed by atoms with Gasteiger partial charge in [0.15, 0.2) is 23.3 Å². The van der Waals surface area contributed by atoms with Gasteiger partial charge in [-0.15, -0.1) is 0 Å². The largest absolute Gasteiger partial charge is 0.507 e. The number of halogens is 5. The molecule has 238 valence electrons. The molecule has 0 radical (unpaired) electrons. The summed E-state index contributed by atoms with van der Waals surface area (Å²) in [6, 6.07) is 1.43. The number of phenols is 1. The van der Waals surface area contributed by atoms with E-state index in [9.17, 15) is 51.3 Å². The Morgan fingerprint density at radius 1 is 0.955 bits per heavy atom. The SMILES string of the molecule is C[C@H]1OC(=O)C(C2CCO2)OC(=O)[C@H](C)[C@H](O)[C@H](Cc2c(F)c(F)c(F)c(F)c2F)NC(=O)[C@H]1NC(=O)c1ccccc1O. The number of phenolic OH excluding ortho intramolecular Hbond substituents is 1. The van der Waals surface area contributed by atoms with Crippen molar-refractivity contribution < 1.29 is 65.6 Å². The van der Waals surface area contributed by atoms with Crippen molar-refractivity contribution in [2.24, 2.45) is 5.92 Å². The molecule has 2 saturated heterocycles. The van der Waals surface area contributed by atoms with Gasteiger partial charge in [-0.25, -0.2) is 26.7 Å². The Morgan fingerprint density at radius 2 is 1.55 bits per heavy atom. The molecule has 2 aliphatic heterocycles. The number of nitrogens with one attached hydrogen (secondary N) is 2. The third-order valence-electron chi connectivity index (χ3n) is 7.39. The van der Waals surface area contributed by atoms with Crippen LogP contribution in [0.15, 0.2) is 24.3 Å². The zero-order valence-corrected chi connectivity index (χ0v) is 23.1. The molecule has 2 unspecified atom stereocenters. The number of ether oxygens (including phenoxy) is 3. The van der Waals surface area contributed by atoms with E-state index in [1.54, 1.807) is 0 Å². The van der Waals surface area contributed by atoms with Crippen LogP contribution in [0.1, 0.15) is 36.2 Å². The Kier molecular flexibility index (Phi) is 9.73. The molecule has 0 saturated carbocycles. The zero-order chi connectivity index (χ0) is 32.5. The van der Waals surface area contributed by atoms with Crippen LogP contribution in [0.5, 0.6) is 5.75 Å². The van der Waals surface area contributed by atoms with Crippen molar-refractivity contribution in [1.29, 1.82) is 0 Å². The van der Waals surface area contributed by atoms with Crippen LogP contribution in [0.25, 0.3) is 0 Å². The summed E-state index contributed by atoms with van der Waals surface area (Å²) in [7, 11) is 0. The summed E-state index contributed by atoms with van der Waals surface area (Å²) in [6.07, 6.45) is -7.25. The maximum absolute atomic E-state index is 14.6. The summed E-state index contributed by atoms with van der Waals surface area (Å²) >= 11 is 0. The monoisotopic (exact) mass is 630 g/mol. The quantitative estimate of drug-likeness (QED) is 0.166. The van der Waals surface area contributed by atoms with E-state index < -0.39 is 113 Å². The lowest BCUT2D eigenvalue weighted by molar-refractivity contribution is -0.198. The molecule has 16 heteroatoms. The predicted octanol–water partition coefficient (Wildman–Crippen LogP) is 1.56. The summed E-state index contributed by atoms with van der Waals surface area (Å²) in [4.78, 5) is 52.5. The van der Waals surface area contributed by atoms with Gasteiger partial charge in [-0.2, -0.15) is 0 Å². The minimum absolute atomic E-state index is 0.214. The average molecular weight is 631 g/mol. The molecule has 7 atom stereocenters. The summed E-state index contributed by atoms with van der Waals surface area (Å²) < 4.78 is 86.6. The van der Waals surface area contributed by atoms with Gasteiger partial charge in [0.25, 0.3) is 5.91 Å². The van der Waals surface area contributed by atoms with Crippen LogP contribution in [-0.4, -0.2) is 77.1 Å². The normalized spacial score (nSPS) is 28.0. The lowest BCUT2D eigenvalue weighted by Crippen LogP contribution is -2.60. The average Bonchev–Trinajstić information content (AvgIpc) is 2.96. The smallest absolute Gasteiger partial charge is 0.350 e. The number of para-hydroxylation sites is 1. The van der Waals surface area contributed by atoms with Gasteiger partial charge in [-0.3, -0.25) is 14.4 Å². The van der Waals surface area contributed by atoms with Crippen LogP contribution >= 0.6 is 0 Å². The molecule has 44 heavy (non-hydrogen) atoms. The van der Waals surface area contributed by atoms with E-state index in [1.165, 1.54) is 24.3 Å². The zero-order valence-electron chi connectivity index (χ0n) is 23.1. The van der Waals surface area contributed by atoms with E-state index in [1.807, 2.05) is 0 Å². The van der Waals surface area contributed by atoms with E-state index in [0.717, 1.165) is 13.8 Å². The first-order valence-corrected chi connectivity index (χ1v) is 13.3. The van der Waals surface area contributed by atoms with Gasteiger partial charge in [-0.05, 0) is 26.0 Å². The van der Waals surface area contributed by atoms with Crippen LogP contribution in [0.4, 0.5) is 22.0 Å². The number of amides is 2. The molecule has 2 amide bonds. The van der Waals surface area contributed by atoms with Gasteiger partial charge in [-0.1, -0.05) is 12.1 Å². The van der Waals surface area contributed by atoms with E-state index in [4.69, 9.17) is 14.2 Å². The van der Waals surface area contributed by atoms with Gasteiger partial charge >= 0.3 is 11.9 Å². The van der Waals surface area contributed by atoms with E-state index in [0.29, 0.717) is 0 Å². The molecule has 0 spiro atoms. The van der Waals surface area contributed by atoms with Gasteiger partial charge in [0.1, 0.15) is 24.0 Å². The molecular formula is C28H27F5N2O9. The van der Waals surface area contributed by atoms with Crippen LogP contribution in [0, 0.1) is 35.0 Å². The Morgan fingerprint density at radius 3 is 2.11 bits per heavy atom. The lowest BCUT2D eigenvalue weighted by Gasteiger charge is -2.36. The second-order valence-electron chi connectivity index (χ2n) is 10.3. The fraction of sp³-hybridized carbons (Fsp3) is 0.429. The Labute approximate surface area is 246 Å². The molecule has 0 bridgehead atoms. The minimum Gasteiger partial charge on any atom is -0.507 e. The highest BCUT2D eigenvalue weighted by atomic mass is 19.2. The van der Waals surface area contributed by atoms with Crippen molar-refractivity contribution >= 4 is 23.8 Å². The molecule has 0 aromatic heterocycles. The highest BCUT2D eigenvalue weighted by Gasteiger charge is 2.44. The topological polar surface area (TPSA) is 160 Å². The Balaban J connectivity index is 1.75. The standard InChI is InChI=1S/C28H27F5N2O9/c1-10-23(37)14(9-13-17(29)19(31)21(33)20(32)18(13)30)34-26(39)22(35-25(38)12-5-3-4-6-15(12)36)11(2)43-28(41)24(44-27(10)40)16-7-8-42-16/h3-6,10-11,14,16,22-24,36-37H,7-9H2,1-2H3,(H,34,39)(H,35,38)/t10-,11-,14+,16?,22+,23+,24?/m1/s1. The van der Waals surface area contributed by atoms with Crippen molar-refractivity contribution in [3.8, 4) is 5.75 Å². The number of aromatic hydroxyl groups is 1. The predicted molar refractivity (Wildman–Crippen MR) is 136 cm³/mol. The first-order chi connectivity index (χ1) is 20.7. The van der Waals surface area contributed by atoms with Crippen molar-refractivity contribution in [1.82, 2.24) is 10.6 Å². The third-order valence-corrected chi connectivity index (χ3v) is 7.39. The van der Waals surface area contributed by atoms with Crippen molar-refractivity contribution in [3.05, 3.63) is 64.5 Å². The van der Waals surface area contributed by atoms with Crippen LogP contribution in [0.3, 0.4) is 0 Å². The molecule has 4 N–H and O–H groups in total. The highest BCUT2D eigenvalue weighted by molar-refractivity contribution is 6.00. The number of esters is 2. The number of hydrogen-bond acceptors (Lipinski definition) is 9.